The molecule has 0 radical (unpaired) electrons. The molecule has 8 heteroatoms. The molecule has 138 valence electrons. The molecule has 8 nitrogen and oxygen atoms in total. The van der Waals surface area contributed by atoms with Gasteiger partial charge in [0.05, 0.1) is 37.2 Å². The molecule has 0 unspecified atom stereocenters. The smallest absolute Gasteiger partial charge is 0.308 e. The van der Waals surface area contributed by atoms with Gasteiger partial charge in [0.15, 0.2) is 5.65 Å². The van der Waals surface area contributed by atoms with Crippen LogP contribution in [0.1, 0.15) is 28.9 Å². The van der Waals surface area contributed by atoms with Gasteiger partial charge in [0, 0.05) is 18.4 Å². The van der Waals surface area contributed by atoms with Crippen LogP contribution in [0.4, 0.5) is 0 Å². The van der Waals surface area contributed by atoms with Gasteiger partial charge in [0.1, 0.15) is 5.52 Å². The van der Waals surface area contributed by atoms with E-state index < -0.39 is 0 Å². The number of esters is 1. The summed E-state index contributed by atoms with van der Waals surface area (Å²) in [6.45, 7) is 0.562. The van der Waals surface area contributed by atoms with Crippen LogP contribution in [0.25, 0.3) is 11.2 Å². The van der Waals surface area contributed by atoms with E-state index in [4.69, 9.17) is 4.74 Å². The highest BCUT2D eigenvalue weighted by atomic mass is 16.5. The molecule has 0 saturated heterocycles. The van der Waals surface area contributed by atoms with Crippen molar-refractivity contribution in [3.8, 4) is 0 Å². The first kappa shape index (κ1) is 17.1. The normalized spacial score (nSPS) is 18.7. The Balaban J connectivity index is 1.43. The van der Waals surface area contributed by atoms with Crippen LogP contribution < -0.4 is 5.32 Å². The summed E-state index contributed by atoms with van der Waals surface area (Å²) < 4.78 is 6.60. The number of ether oxygens (including phenoxy) is 1. The maximum Gasteiger partial charge on any atom is 0.308 e. The van der Waals surface area contributed by atoms with Crippen molar-refractivity contribution in [3.63, 3.8) is 0 Å². The SMILES string of the molecule is COC(=O)C1CC(NC(=O)c2cnc3c(c2)ncn3Cc2ccccn2)C1. The third kappa shape index (κ3) is 3.51. The second-order valence-electron chi connectivity index (χ2n) is 6.62. The average molecular weight is 365 g/mol. The Morgan fingerprint density at radius 1 is 1.26 bits per heavy atom. The van der Waals surface area contributed by atoms with E-state index in [0.717, 1.165) is 5.69 Å². The molecular weight excluding hydrogens is 346 g/mol. The largest absolute Gasteiger partial charge is 0.469 e. The summed E-state index contributed by atoms with van der Waals surface area (Å²) in [6, 6.07) is 7.45. The molecule has 27 heavy (non-hydrogen) atoms. The lowest BCUT2D eigenvalue weighted by Gasteiger charge is -2.33. The molecule has 1 fully saturated rings. The number of amides is 1. The number of methoxy groups -OCH3 is 1. The Kier molecular flexibility index (Phi) is 4.53. The zero-order valence-electron chi connectivity index (χ0n) is 14.8. The zero-order chi connectivity index (χ0) is 18.8. The summed E-state index contributed by atoms with van der Waals surface area (Å²) in [7, 11) is 1.38. The van der Waals surface area contributed by atoms with E-state index in [1.54, 1.807) is 24.8 Å². The molecule has 0 aliphatic heterocycles. The molecule has 1 saturated carbocycles. The minimum absolute atomic E-state index is 0.0148. The number of pyridine rings is 2. The predicted octanol–water partition coefficient (Wildman–Crippen LogP) is 1.56. The van der Waals surface area contributed by atoms with Crippen molar-refractivity contribution in [2.45, 2.75) is 25.4 Å². The van der Waals surface area contributed by atoms with E-state index in [0.29, 0.717) is 36.1 Å². The zero-order valence-corrected chi connectivity index (χ0v) is 14.8. The van der Waals surface area contributed by atoms with Gasteiger partial charge in [-0.05, 0) is 31.0 Å². The molecule has 1 N–H and O–H groups in total. The number of nitrogens with one attached hydrogen (secondary N) is 1. The van der Waals surface area contributed by atoms with Crippen LogP contribution in [-0.4, -0.2) is 44.5 Å². The first-order valence-corrected chi connectivity index (χ1v) is 8.73. The van der Waals surface area contributed by atoms with Crippen LogP contribution in [0.5, 0.6) is 0 Å². The number of imidazole rings is 1. The first-order chi connectivity index (χ1) is 13.1. The Morgan fingerprint density at radius 2 is 2.11 bits per heavy atom. The quantitative estimate of drug-likeness (QED) is 0.689. The Hall–Kier alpha value is -3.29. The maximum atomic E-state index is 12.4. The number of hydrogen-bond donors (Lipinski definition) is 1. The number of rotatable bonds is 5. The Bertz CT molecular complexity index is 979. The minimum atomic E-state index is -0.220. The molecule has 0 atom stereocenters. The highest BCUT2D eigenvalue weighted by molar-refractivity contribution is 5.96. The summed E-state index contributed by atoms with van der Waals surface area (Å²) in [5.74, 6) is -0.553. The lowest BCUT2D eigenvalue weighted by Crippen LogP contribution is -2.47. The lowest BCUT2D eigenvalue weighted by molar-refractivity contribution is -0.149. The van der Waals surface area contributed by atoms with Gasteiger partial charge >= 0.3 is 5.97 Å². The van der Waals surface area contributed by atoms with Crippen molar-refractivity contribution in [2.24, 2.45) is 5.92 Å². The van der Waals surface area contributed by atoms with Crippen LogP contribution in [0.3, 0.4) is 0 Å². The fourth-order valence-electron chi connectivity index (χ4n) is 3.22. The molecule has 1 aliphatic carbocycles. The molecule has 1 amide bonds. The van der Waals surface area contributed by atoms with E-state index in [1.807, 2.05) is 22.8 Å². The van der Waals surface area contributed by atoms with E-state index in [2.05, 4.69) is 20.3 Å². The Labute approximate surface area is 155 Å². The Morgan fingerprint density at radius 3 is 2.85 bits per heavy atom. The van der Waals surface area contributed by atoms with Crippen molar-refractivity contribution in [1.29, 1.82) is 0 Å². The third-order valence-corrected chi connectivity index (χ3v) is 4.78. The third-order valence-electron chi connectivity index (χ3n) is 4.78. The highest BCUT2D eigenvalue weighted by Gasteiger charge is 2.36. The van der Waals surface area contributed by atoms with E-state index in [-0.39, 0.29) is 23.8 Å². The van der Waals surface area contributed by atoms with Gasteiger partial charge in [-0.25, -0.2) is 9.97 Å². The lowest BCUT2D eigenvalue weighted by atomic mass is 9.80. The van der Waals surface area contributed by atoms with Gasteiger partial charge in [-0.3, -0.25) is 14.6 Å². The monoisotopic (exact) mass is 365 g/mol. The number of nitrogens with zero attached hydrogens (tertiary/aromatic N) is 4. The van der Waals surface area contributed by atoms with Crippen LogP contribution in [0.2, 0.25) is 0 Å². The summed E-state index contributed by atoms with van der Waals surface area (Å²) in [4.78, 5) is 36.9. The number of carbonyl (C=O) groups excluding carboxylic acids is 2. The standard InChI is InChI=1S/C19H19N5O3/c1-27-19(26)12-6-15(7-12)23-18(25)13-8-16-17(21-9-13)24(11-22-16)10-14-4-2-3-5-20-14/h2-5,8-9,11-12,15H,6-7,10H2,1H3,(H,23,25). The molecule has 0 bridgehead atoms. The second kappa shape index (κ2) is 7.14. The molecule has 3 aromatic rings. The van der Waals surface area contributed by atoms with Gasteiger partial charge in [-0.15, -0.1) is 0 Å². The summed E-state index contributed by atoms with van der Waals surface area (Å²) >= 11 is 0. The fraction of sp³-hybridized carbons (Fsp3) is 0.316. The molecule has 0 spiro atoms. The summed E-state index contributed by atoms with van der Waals surface area (Å²) in [5.41, 5.74) is 2.71. The van der Waals surface area contributed by atoms with Crippen LogP contribution >= 0.6 is 0 Å². The average Bonchev–Trinajstić information content (AvgIpc) is 3.06. The summed E-state index contributed by atoms with van der Waals surface area (Å²) in [5, 5.41) is 2.92. The number of hydrogen-bond acceptors (Lipinski definition) is 6. The van der Waals surface area contributed by atoms with Crippen molar-refractivity contribution in [3.05, 3.63) is 54.2 Å². The maximum absolute atomic E-state index is 12.4. The van der Waals surface area contributed by atoms with E-state index in [9.17, 15) is 9.59 Å². The van der Waals surface area contributed by atoms with E-state index >= 15 is 0 Å². The van der Waals surface area contributed by atoms with Crippen LogP contribution in [0.15, 0.2) is 43.0 Å². The fourth-order valence-corrected chi connectivity index (χ4v) is 3.22. The van der Waals surface area contributed by atoms with Crippen molar-refractivity contribution < 1.29 is 14.3 Å². The van der Waals surface area contributed by atoms with Gasteiger partial charge in [0.2, 0.25) is 0 Å². The number of fused-ring (bicyclic) bond motifs is 1. The molecule has 1 aliphatic rings. The molecular formula is C19H19N5O3. The molecule has 4 rings (SSSR count). The van der Waals surface area contributed by atoms with Crippen molar-refractivity contribution in [2.75, 3.05) is 7.11 Å². The van der Waals surface area contributed by atoms with Gasteiger partial charge in [-0.2, -0.15) is 0 Å². The van der Waals surface area contributed by atoms with Crippen molar-refractivity contribution in [1.82, 2.24) is 24.8 Å². The van der Waals surface area contributed by atoms with E-state index in [1.165, 1.54) is 7.11 Å². The van der Waals surface area contributed by atoms with Crippen LogP contribution in [0, 0.1) is 5.92 Å². The summed E-state index contributed by atoms with van der Waals surface area (Å²) in [6.07, 6.45) is 6.20. The van der Waals surface area contributed by atoms with Gasteiger partial charge in [0.25, 0.3) is 5.91 Å². The highest BCUT2D eigenvalue weighted by Crippen LogP contribution is 2.28. The molecule has 3 heterocycles. The second-order valence-corrected chi connectivity index (χ2v) is 6.62. The topological polar surface area (TPSA) is 99.0 Å². The molecule has 3 aromatic heterocycles. The van der Waals surface area contributed by atoms with Crippen LogP contribution in [-0.2, 0) is 16.1 Å². The van der Waals surface area contributed by atoms with Gasteiger partial charge in [-0.1, -0.05) is 6.07 Å². The predicted molar refractivity (Wildman–Crippen MR) is 96.9 cm³/mol. The number of aromatic nitrogens is 4. The van der Waals surface area contributed by atoms with Crippen molar-refractivity contribution >= 4 is 23.0 Å². The van der Waals surface area contributed by atoms with Gasteiger partial charge < -0.3 is 14.6 Å². The number of carbonyl (C=O) groups is 2. The first-order valence-electron chi connectivity index (χ1n) is 8.73. The molecule has 0 aromatic carbocycles. The minimum Gasteiger partial charge on any atom is -0.469 e.